The van der Waals surface area contributed by atoms with Crippen molar-refractivity contribution in [1.29, 1.82) is 0 Å². The Balaban J connectivity index is 2.19. The highest BCUT2D eigenvalue weighted by Gasteiger charge is 2.20. The molecule has 2 rings (SSSR count). The number of pyridine rings is 1. The van der Waals surface area contributed by atoms with E-state index in [-0.39, 0.29) is 6.54 Å². The molecule has 1 amide bonds. The van der Waals surface area contributed by atoms with Crippen LogP contribution in [0.25, 0.3) is 6.08 Å². The average Bonchev–Trinajstić information content (AvgIpc) is 2.43. The molecule has 1 aromatic heterocycles. The number of hydrogen-bond acceptors (Lipinski definition) is 4. The third-order valence-electron chi connectivity index (χ3n) is 2.94. The molecule has 1 aliphatic heterocycles. The predicted molar refractivity (Wildman–Crippen MR) is 67.4 cm³/mol. The molecule has 6 nitrogen and oxygen atoms in total. The molecular formula is C13H14N2O4. The van der Waals surface area contributed by atoms with E-state index in [1.807, 2.05) is 6.07 Å². The summed E-state index contributed by atoms with van der Waals surface area (Å²) in [5.74, 6) is -0.452. The Bertz CT molecular complexity index is 539. The SMILES string of the molecule is COC(=O)C=Cc1ccc2c(n1)CN(C(=O)O)CC2. The first-order chi connectivity index (χ1) is 9.10. The van der Waals surface area contributed by atoms with E-state index in [0.717, 1.165) is 11.3 Å². The fourth-order valence-corrected chi connectivity index (χ4v) is 1.90. The van der Waals surface area contributed by atoms with E-state index in [2.05, 4.69) is 9.72 Å². The van der Waals surface area contributed by atoms with Crippen LogP contribution in [0.1, 0.15) is 17.0 Å². The molecule has 0 atom stereocenters. The van der Waals surface area contributed by atoms with Gasteiger partial charge in [-0.05, 0) is 24.1 Å². The number of esters is 1. The minimum absolute atomic E-state index is 0.282. The van der Waals surface area contributed by atoms with E-state index in [9.17, 15) is 9.59 Å². The summed E-state index contributed by atoms with van der Waals surface area (Å²) in [6.07, 6.45) is 2.55. The minimum Gasteiger partial charge on any atom is -0.466 e. The first-order valence-electron chi connectivity index (χ1n) is 5.83. The van der Waals surface area contributed by atoms with Gasteiger partial charge in [-0.15, -0.1) is 0 Å². The number of fused-ring (bicyclic) bond motifs is 1. The molecule has 0 unspecified atom stereocenters. The van der Waals surface area contributed by atoms with Crippen LogP contribution >= 0.6 is 0 Å². The van der Waals surface area contributed by atoms with Gasteiger partial charge < -0.3 is 14.7 Å². The van der Waals surface area contributed by atoms with Crippen LogP contribution < -0.4 is 0 Å². The van der Waals surface area contributed by atoms with Crippen molar-refractivity contribution in [2.45, 2.75) is 13.0 Å². The Labute approximate surface area is 110 Å². The highest BCUT2D eigenvalue weighted by molar-refractivity contribution is 5.86. The Hall–Kier alpha value is -2.37. The van der Waals surface area contributed by atoms with Gasteiger partial charge in [0, 0.05) is 12.6 Å². The maximum Gasteiger partial charge on any atom is 0.407 e. The van der Waals surface area contributed by atoms with E-state index < -0.39 is 12.1 Å². The van der Waals surface area contributed by atoms with Crippen LogP contribution in [0.5, 0.6) is 0 Å². The Morgan fingerprint density at radius 1 is 1.47 bits per heavy atom. The largest absolute Gasteiger partial charge is 0.466 e. The lowest BCUT2D eigenvalue weighted by Gasteiger charge is -2.25. The lowest BCUT2D eigenvalue weighted by molar-refractivity contribution is -0.134. The van der Waals surface area contributed by atoms with Gasteiger partial charge in [-0.3, -0.25) is 4.98 Å². The molecule has 1 aliphatic rings. The number of rotatable bonds is 2. The van der Waals surface area contributed by atoms with Crippen molar-refractivity contribution in [3.63, 3.8) is 0 Å². The van der Waals surface area contributed by atoms with Gasteiger partial charge in [0.2, 0.25) is 0 Å². The van der Waals surface area contributed by atoms with E-state index in [1.54, 1.807) is 12.1 Å². The first kappa shape index (κ1) is 13.1. The molecule has 1 N–H and O–H groups in total. The summed E-state index contributed by atoms with van der Waals surface area (Å²) in [6.45, 7) is 0.770. The summed E-state index contributed by atoms with van der Waals surface area (Å²) in [7, 11) is 1.30. The predicted octanol–water partition coefficient (Wildman–Crippen LogP) is 1.30. The summed E-state index contributed by atoms with van der Waals surface area (Å²) in [5.41, 5.74) is 2.39. The summed E-state index contributed by atoms with van der Waals surface area (Å²) < 4.78 is 4.49. The number of methoxy groups -OCH3 is 1. The summed E-state index contributed by atoms with van der Waals surface area (Å²) in [5, 5.41) is 8.96. The second-order valence-corrected chi connectivity index (χ2v) is 4.15. The molecule has 100 valence electrons. The van der Waals surface area contributed by atoms with Gasteiger partial charge >= 0.3 is 12.1 Å². The number of ether oxygens (including phenoxy) is 1. The zero-order valence-corrected chi connectivity index (χ0v) is 10.5. The Morgan fingerprint density at radius 2 is 2.26 bits per heavy atom. The van der Waals surface area contributed by atoms with Gasteiger partial charge in [-0.25, -0.2) is 9.59 Å². The van der Waals surface area contributed by atoms with Crippen LogP contribution in [0.2, 0.25) is 0 Å². The first-order valence-corrected chi connectivity index (χ1v) is 5.83. The van der Waals surface area contributed by atoms with Crippen molar-refractivity contribution in [2.24, 2.45) is 0 Å². The number of amides is 1. The molecule has 0 aliphatic carbocycles. The standard InChI is InChI=1S/C13H14N2O4/c1-19-12(16)5-4-10-3-2-9-6-7-15(13(17)18)8-11(9)14-10/h2-5H,6-8H2,1H3,(H,17,18). The van der Waals surface area contributed by atoms with Crippen molar-refractivity contribution in [1.82, 2.24) is 9.88 Å². The second-order valence-electron chi connectivity index (χ2n) is 4.15. The zero-order valence-electron chi connectivity index (χ0n) is 10.5. The maximum atomic E-state index is 11.0. The van der Waals surface area contributed by atoms with Crippen LogP contribution in [0.4, 0.5) is 4.79 Å². The van der Waals surface area contributed by atoms with Crippen molar-refractivity contribution < 1.29 is 19.4 Å². The van der Waals surface area contributed by atoms with Crippen LogP contribution in [-0.4, -0.2) is 40.7 Å². The van der Waals surface area contributed by atoms with Gasteiger partial charge in [0.05, 0.1) is 25.0 Å². The van der Waals surface area contributed by atoms with E-state index in [1.165, 1.54) is 18.1 Å². The van der Waals surface area contributed by atoms with E-state index in [0.29, 0.717) is 18.7 Å². The van der Waals surface area contributed by atoms with Gasteiger partial charge in [-0.2, -0.15) is 0 Å². The van der Waals surface area contributed by atoms with Crippen LogP contribution in [0.15, 0.2) is 18.2 Å². The normalized spacial score (nSPS) is 14.3. The molecule has 0 saturated carbocycles. The smallest absolute Gasteiger partial charge is 0.407 e. The highest BCUT2D eigenvalue weighted by Crippen LogP contribution is 2.18. The molecule has 1 aromatic rings. The van der Waals surface area contributed by atoms with Gasteiger partial charge in [0.15, 0.2) is 0 Å². The van der Waals surface area contributed by atoms with Crippen molar-refractivity contribution in [3.05, 3.63) is 35.2 Å². The van der Waals surface area contributed by atoms with Crippen LogP contribution in [0.3, 0.4) is 0 Å². The summed E-state index contributed by atoms with van der Waals surface area (Å²) in [6, 6.07) is 3.72. The molecule has 0 saturated heterocycles. The van der Waals surface area contributed by atoms with Crippen LogP contribution in [0, 0.1) is 0 Å². The molecular weight excluding hydrogens is 248 g/mol. The number of carbonyl (C=O) groups is 2. The second kappa shape index (κ2) is 5.51. The molecule has 0 radical (unpaired) electrons. The molecule has 2 heterocycles. The molecule has 0 aromatic carbocycles. The van der Waals surface area contributed by atoms with Crippen molar-refractivity contribution in [3.8, 4) is 0 Å². The Morgan fingerprint density at radius 3 is 2.95 bits per heavy atom. The fraction of sp³-hybridized carbons (Fsp3) is 0.308. The summed E-state index contributed by atoms with van der Waals surface area (Å²) >= 11 is 0. The molecule has 0 bridgehead atoms. The summed E-state index contributed by atoms with van der Waals surface area (Å²) in [4.78, 5) is 27.6. The lowest BCUT2D eigenvalue weighted by Crippen LogP contribution is -2.35. The van der Waals surface area contributed by atoms with Crippen molar-refractivity contribution >= 4 is 18.1 Å². The number of nitrogens with zero attached hydrogens (tertiary/aromatic N) is 2. The van der Waals surface area contributed by atoms with Gasteiger partial charge in [-0.1, -0.05) is 6.07 Å². The van der Waals surface area contributed by atoms with Crippen LogP contribution in [-0.2, 0) is 22.5 Å². The molecule has 0 spiro atoms. The number of carboxylic acid groups (broad SMARTS) is 1. The average molecular weight is 262 g/mol. The topological polar surface area (TPSA) is 79.7 Å². The molecule has 6 heteroatoms. The number of aromatic nitrogens is 1. The number of carbonyl (C=O) groups excluding carboxylic acids is 1. The highest BCUT2D eigenvalue weighted by atomic mass is 16.5. The van der Waals surface area contributed by atoms with E-state index >= 15 is 0 Å². The molecule has 19 heavy (non-hydrogen) atoms. The quantitative estimate of drug-likeness (QED) is 0.642. The zero-order chi connectivity index (χ0) is 13.8. The lowest BCUT2D eigenvalue weighted by atomic mass is 10.0. The fourth-order valence-electron chi connectivity index (χ4n) is 1.90. The van der Waals surface area contributed by atoms with Gasteiger partial charge in [0.1, 0.15) is 0 Å². The number of hydrogen-bond donors (Lipinski definition) is 1. The Kier molecular flexibility index (Phi) is 3.79. The molecule has 0 fully saturated rings. The third kappa shape index (κ3) is 3.09. The van der Waals surface area contributed by atoms with Gasteiger partial charge in [0.25, 0.3) is 0 Å². The minimum atomic E-state index is -0.942. The van der Waals surface area contributed by atoms with Crippen molar-refractivity contribution in [2.75, 3.05) is 13.7 Å². The van der Waals surface area contributed by atoms with E-state index in [4.69, 9.17) is 5.11 Å². The maximum absolute atomic E-state index is 11.0. The third-order valence-corrected chi connectivity index (χ3v) is 2.94. The monoisotopic (exact) mass is 262 g/mol.